The van der Waals surface area contributed by atoms with Gasteiger partial charge >= 0.3 is 0 Å². The summed E-state index contributed by atoms with van der Waals surface area (Å²) >= 11 is 0. The van der Waals surface area contributed by atoms with E-state index in [0.717, 1.165) is 0 Å². The standard InChI is InChI=1S/C15H21F2NO/c1-4-15(2,11-18-8-9-19-3)10-12-13(16)6-5-7-14(12)17/h4-7,18H,1,8-11H2,2-3H3. The smallest absolute Gasteiger partial charge is 0.129 e. The first-order chi connectivity index (χ1) is 9.02. The van der Waals surface area contributed by atoms with E-state index in [4.69, 9.17) is 4.74 Å². The topological polar surface area (TPSA) is 21.3 Å². The number of hydrogen-bond donors (Lipinski definition) is 1. The van der Waals surface area contributed by atoms with Crippen LogP contribution >= 0.6 is 0 Å². The van der Waals surface area contributed by atoms with Crippen molar-refractivity contribution in [2.24, 2.45) is 5.41 Å². The minimum Gasteiger partial charge on any atom is -0.383 e. The summed E-state index contributed by atoms with van der Waals surface area (Å²) in [4.78, 5) is 0. The molecule has 0 aliphatic rings. The lowest BCUT2D eigenvalue weighted by Crippen LogP contribution is -2.34. The molecule has 1 rings (SSSR count). The average molecular weight is 269 g/mol. The molecule has 0 aliphatic heterocycles. The summed E-state index contributed by atoms with van der Waals surface area (Å²) < 4.78 is 32.2. The Hall–Kier alpha value is -1.26. The molecule has 1 unspecified atom stereocenters. The second-order valence-electron chi connectivity index (χ2n) is 4.90. The number of halogens is 2. The molecule has 1 aromatic rings. The highest BCUT2D eigenvalue weighted by atomic mass is 19.1. The summed E-state index contributed by atoms with van der Waals surface area (Å²) in [5.41, 5.74) is -0.296. The molecule has 0 fully saturated rings. The summed E-state index contributed by atoms with van der Waals surface area (Å²) in [5, 5.41) is 3.20. The van der Waals surface area contributed by atoms with Crippen LogP contribution in [0, 0.1) is 17.0 Å². The van der Waals surface area contributed by atoms with E-state index >= 15 is 0 Å². The second-order valence-corrected chi connectivity index (χ2v) is 4.90. The predicted molar refractivity (Wildman–Crippen MR) is 73.1 cm³/mol. The zero-order valence-corrected chi connectivity index (χ0v) is 11.5. The molecule has 0 saturated heterocycles. The van der Waals surface area contributed by atoms with Gasteiger partial charge in [0.15, 0.2) is 0 Å². The van der Waals surface area contributed by atoms with Crippen LogP contribution in [0.4, 0.5) is 8.78 Å². The molecule has 0 aromatic heterocycles. The van der Waals surface area contributed by atoms with Crippen LogP contribution in [0.25, 0.3) is 0 Å². The summed E-state index contributed by atoms with van der Waals surface area (Å²) in [6.45, 7) is 7.58. The Morgan fingerprint density at radius 3 is 2.53 bits per heavy atom. The van der Waals surface area contributed by atoms with Gasteiger partial charge in [-0.2, -0.15) is 0 Å². The summed E-state index contributed by atoms with van der Waals surface area (Å²) in [7, 11) is 1.63. The van der Waals surface area contributed by atoms with Crippen LogP contribution in [0.3, 0.4) is 0 Å². The monoisotopic (exact) mass is 269 g/mol. The highest BCUT2D eigenvalue weighted by molar-refractivity contribution is 5.22. The van der Waals surface area contributed by atoms with Crippen molar-refractivity contribution in [1.29, 1.82) is 0 Å². The Balaban J connectivity index is 2.72. The first-order valence-corrected chi connectivity index (χ1v) is 6.28. The van der Waals surface area contributed by atoms with Gasteiger partial charge in [-0.3, -0.25) is 0 Å². The minimum atomic E-state index is -0.509. The Morgan fingerprint density at radius 1 is 1.37 bits per heavy atom. The van der Waals surface area contributed by atoms with Crippen molar-refractivity contribution >= 4 is 0 Å². The fourth-order valence-corrected chi connectivity index (χ4v) is 1.86. The maximum atomic E-state index is 13.6. The van der Waals surface area contributed by atoms with Crippen molar-refractivity contribution in [2.45, 2.75) is 13.3 Å². The Kier molecular flexibility index (Phi) is 6.12. The van der Waals surface area contributed by atoms with Crippen molar-refractivity contribution in [2.75, 3.05) is 26.8 Å². The molecule has 2 nitrogen and oxygen atoms in total. The van der Waals surface area contributed by atoms with Crippen molar-refractivity contribution in [3.63, 3.8) is 0 Å². The van der Waals surface area contributed by atoms with Gasteiger partial charge in [0.25, 0.3) is 0 Å². The van der Waals surface area contributed by atoms with E-state index in [9.17, 15) is 8.78 Å². The number of benzene rings is 1. The van der Waals surface area contributed by atoms with E-state index in [1.807, 2.05) is 6.92 Å². The molecule has 0 heterocycles. The van der Waals surface area contributed by atoms with Crippen LogP contribution in [0.15, 0.2) is 30.9 Å². The SMILES string of the molecule is C=CC(C)(CNCCOC)Cc1c(F)cccc1F. The van der Waals surface area contributed by atoms with Crippen LogP contribution < -0.4 is 5.32 Å². The zero-order valence-electron chi connectivity index (χ0n) is 11.5. The molecule has 0 bridgehead atoms. The Bertz CT molecular complexity index is 402. The Labute approximate surface area is 113 Å². The van der Waals surface area contributed by atoms with E-state index < -0.39 is 17.0 Å². The maximum Gasteiger partial charge on any atom is 0.129 e. The fourth-order valence-electron chi connectivity index (χ4n) is 1.86. The maximum absolute atomic E-state index is 13.6. The lowest BCUT2D eigenvalue weighted by atomic mass is 9.83. The lowest BCUT2D eigenvalue weighted by Gasteiger charge is -2.26. The number of ether oxygens (including phenoxy) is 1. The van der Waals surface area contributed by atoms with Gasteiger partial charge in [-0.05, 0) is 18.6 Å². The predicted octanol–water partition coefficient (Wildman–Crippen LogP) is 2.94. The summed E-state index contributed by atoms with van der Waals surface area (Å²) in [6.07, 6.45) is 2.01. The second kappa shape index (κ2) is 7.36. The molecule has 0 amide bonds. The fraction of sp³-hybridized carbons (Fsp3) is 0.467. The van der Waals surface area contributed by atoms with Gasteiger partial charge in [0, 0.05) is 31.2 Å². The van der Waals surface area contributed by atoms with E-state index in [2.05, 4.69) is 11.9 Å². The third kappa shape index (κ3) is 4.73. The van der Waals surface area contributed by atoms with Gasteiger partial charge in [-0.1, -0.05) is 19.1 Å². The molecule has 1 atom stereocenters. The molecule has 0 saturated carbocycles. The molecule has 4 heteroatoms. The molecule has 19 heavy (non-hydrogen) atoms. The van der Waals surface area contributed by atoms with E-state index in [-0.39, 0.29) is 12.0 Å². The molecule has 106 valence electrons. The van der Waals surface area contributed by atoms with Crippen molar-refractivity contribution in [3.05, 3.63) is 48.1 Å². The van der Waals surface area contributed by atoms with Crippen LogP contribution in [-0.4, -0.2) is 26.8 Å². The number of hydrogen-bond acceptors (Lipinski definition) is 2. The first-order valence-electron chi connectivity index (χ1n) is 6.28. The van der Waals surface area contributed by atoms with Crippen LogP contribution in [0.5, 0.6) is 0 Å². The van der Waals surface area contributed by atoms with E-state index in [0.29, 0.717) is 19.7 Å². The number of rotatable bonds is 8. The first kappa shape index (κ1) is 15.8. The highest BCUT2D eigenvalue weighted by Gasteiger charge is 2.24. The summed E-state index contributed by atoms with van der Waals surface area (Å²) in [6, 6.07) is 3.93. The lowest BCUT2D eigenvalue weighted by molar-refractivity contribution is 0.195. The van der Waals surface area contributed by atoms with E-state index in [1.54, 1.807) is 13.2 Å². The van der Waals surface area contributed by atoms with Gasteiger partial charge < -0.3 is 10.1 Å². The van der Waals surface area contributed by atoms with Gasteiger partial charge in [0.2, 0.25) is 0 Å². The number of nitrogens with one attached hydrogen (secondary N) is 1. The van der Waals surface area contributed by atoms with Crippen LogP contribution in [-0.2, 0) is 11.2 Å². The molecule has 0 spiro atoms. The van der Waals surface area contributed by atoms with Crippen LogP contribution in [0.1, 0.15) is 12.5 Å². The molecular formula is C15H21F2NO. The van der Waals surface area contributed by atoms with Crippen molar-refractivity contribution in [1.82, 2.24) is 5.32 Å². The Morgan fingerprint density at radius 2 is 2.00 bits per heavy atom. The molecule has 1 N–H and O–H groups in total. The average Bonchev–Trinajstić information content (AvgIpc) is 2.39. The third-order valence-corrected chi connectivity index (χ3v) is 3.15. The number of methoxy groups -OCH3 is 1. The van der Waals surface area contributed by atoms with Gasteiger partial charge in [-0.15, -0.1) is 6.58 Å². The molecule has 0 radical (unpaired) electrons. The van der Waals surface area contributed by atoms with Crippen LogP contribution in [0.2, 0.25) is 0 Å². The highest BCUT2D eigenvalue weighted by Crippen LogP contribution is 2.26. The quantitative estimate of drug-likeness (QED) is 0.579. The van der Waals surface area contributed by atoms with Gasteiger partial charge in [0.1, 0.15) is 11.6 Å². The molecular weight excluding hydrogens is 248 g/mol. The zero-order chi connectivity index (χ0) is 14.3. The van der Waals surface area contributed by atoms with Gasteiger partial charge in [-0.25, -0.2) is 8.78 Å². The molecule has 0 aliphatic carbocycles. The minimum absolute atomic E-state index is 0.110. The van der Waals surface area contributed by atoms with Gasteiger partial charge in [0.05, 0.1) is 6.61 Å². The van der Waals surface area contributed by atoms with Crippen molar-refractivity contribution < 1.29 is 13.5 Å². The molecule has 1 aromatic carbocycles. The largest absolute Gasteiger partial charge is 0.383 e. The third-order valence-electron chi connectivity index (χ3n) is 3.15. The summed E-state index contributed by atoms with van der Waals surface area (Å²) in [5.74, 6) is -1.02. The normalized spacial score (nSPS) is 14.1. The van der Waals surface area contributed by atoms with Crippen molar-refractivity contribution in [3.8, 4) is 0 Å². The van der Waals surface area contributed by atoms with E-state index in [1.165, 1.54) is 18.2 Å².